The molecule has 0 radical (unpaired) electrons. The van der Waals surface area contributed by atoms with Crippen LogP contribution in [0.25, 0.3) is 6.08 Å². The molecule has 0 unspecified atom stereocenters. The van der Waals surface area contributed by atoms with E-state index in [-0.39, 0.29) is 5.57 Å². The van der Waals surface area contributed by atoms with Gasteiger partial charge < -0.3 is 14.8 Å². The van der Waals surface area contributed by atoms with E-state index in [1.807, 2.05) is 45.0 Å². The predicted molar refractivity (Wildman–Crippen MR) is 107 cm³/mol. The summed E-state index contributed by atoms with van der Waals surface area (Å²) in [5.74, 6) is 0.375. The van der Waals surface area contributed by atoms with Crippen molar-refractivity contribution >= 4 is 29.3 Å². The minimum atomic E-state index is -0.486. The van der Waals surface area contributed by atoms with Crippen molar-refractivity contribution in [3.63, 3.8) is 0 Å². The standard InChI is InChI=1S/C21H21ClN2O3/c1-5-27-18-11-15(10-17(22)20(18)26-4)9-16(12-23)21(25)24-19-13(2)7-6-8-14(19)3/h6-11H,5H2,1-4H3,(H,24,25)/b16-9+. The van der Waals surface area contributed by atoms with Crippen molar-refractivity contribution in [2.24, 2.45) is 0 Å². The maximum absolute atomic E-state index is 12.6. The molecular weight excluding hydrogens is 364 g/mol. The van der Waals surface area contributed by atoms with E-state index in [9.17, 15) is 10.1 Å². The van der Waals surface area contributed by atoms with Gasteiger partial charge in [-0.05, 0) is 55.7 Å². The Labute approximate surface area is 164 Å². The van der Waals surface area contributed by atoms with Crippen LogP contribution >= 0.6 is 11.6 Å². The summed E-state index contributed by atoms with van der Waals surface area (Å²) in [7, 11) is 1.50. The fourth-order valence-corrected chi connectivity index (χ4v) is 2.94. The van der Waals surface area contributed by atoms with E-state index in [1.54, 1.807) is 12.1 Å². The molecule has 0 heterocycles. The Morgan fingerprint density at radius 2 is 1.96 bits per heavy atom. The van der Waals surface area contributed by atoms with Crippen LogP contribution < -0.4 is 14.8 Å². The first-order valence-corrected chi connectivity index (χ1v) is 8.78. The molecule has 2 aromatic carbocycles. The highest BCUT2D eigenvalue weighted by atomic mass is 35.5. The van der Waals surface area contributed by atoms with Crippen LogP contribution in [0.3, 0.4) is 0 Å². The Morgan fingerprint density at radius 1 is 1.30 bits per heavy atom. The lowest BCUT2D eigenvalue weighted by molar-refractivity contribution is -0.112. The fraction of sp³-hybridized carbons (Fsp3) is 0.238. The van der Waals surface area contributed by atoms with Crippen molar-refractivity contribution in [2.45, 2.75) is 20.8 Å². The number of amides is 1. The molecular formula is C21H21ClN2O3. The summed E-state index contributed by atoms with van der Waals surface area (Å²) < 4.78 is 10.8. The summed E-state index contributed by atoms with van der Waals surface area (Å²) >= 11 is 6.23. The highest BCUT2D eigenvalue weighted by Crippen LogP contribution is 2.37. The van der Waals surface area contributed by atoms with Gasteiger partial charge in [-0.15, -0.1) is 0 Å². The molecule has 0 aliphatic rings. The summed E-state index contributed by atoms with van der Waals surface area (Å²) in [5.41, 5.74) is 3.07. The van der Waals surface area contributed by atoms with Crippen molar-refractivity contribution in [3.8, 4) is 17.6 Å². The predicted octanol–water partition coefficient (Wildman–Crippen LogP) is 4.91. The molecule has 0 saturated carbocycles. The highest BCUT2D eigenvalue weighted by molar-refractivity contribution is 6.32. The molecule has 2 aromatic rings. The van der Waals surface area contributed by atoms with Gasteiger partial charge in [0, 0.05) is 5.69 Å². The number of nitrogens with one attached hydrogen (secondary N) is 1. The third-order valence-electron chi connectivity index (χ3n) is 3.93. The molecule has 1 N–H and O–H groups in total. The second kappa shape index (κ2) is 9.11. The normalized spacial score (nSPS) is 10.9. The minimum absolute atomic E-state index is 0.0404. The number of hydrogen-bond acceptors (Lipinski definition) is 4. The molecule has 0 aliphatic heterocycles. The maximum atomic E-state index is 12.6. The van der Waals surface area contributed by atoms with Crippen LogP contribution in [0.4, 0.5) is 5.69 Å². The van der Waals surface area contributed by atoms with E-state index in [0.29, 0.717) is 34.4 Å². The molecule has 5 nitrogen and oxygen atoms in total. The van der Waals surface area contributed by atoms with Gasteiger partial charge in [-0.3, -0.25) is 4.79 Å². The summed E-state index contributed by atoms with van der Waals surface area (Å²) in [6, 6.07) is 10.9. The number of ether oxygens (including phenoxy) is 2. The van der Waals surface area contributed by atoms with Crippen LogP contribution in [0.1, 0.15) is 23.6 Å². The van der Waals surface area contributed by atoms with Gasteiger partial charge in [0.05, 0.1) is 18.7 Å². The molecule has 27 heavy (non-hydrogen) atoms. The lowest BCUT2D eigenvalue weighted by atomic mass is 10.1. The number of benzene rings is 2. The first-order valence-electron chi connectivity index (χ1n) is 8.41. The van der Waals surface area contributed by atoms with Gasteiger partial charge in [-0.1, -0.05) is 29.8 Å². The largest absolute Gasteiger partial charge is 0.491 e. The van der Waals surface area contributed by atoms with Gasteiger partial charge in [0.2, 0.25) is 0 Å². The van der Waals surface area contributed by atoms with E-state index < -0.39 is 5.91 Å². The molecule has 0 atom stereocenters. The summed E-state index contributed by atoms with van der Waals surface area (Å²) in [6.07, 6.45) is 1.47. The van der Waals surface area contributed by atoms with Gasteiger partial charge in [-0.25, -0.2) is 0 Å². The van der Waals surface area contributed by atoms with E-state index in [1.165, 1.54) is 13.2 Å². The monoisotopic (exact) mass is 384 g/mol. The molecule has 0 aliphatic carbocycles. The molecule has 140 valence electrons. The number of aryl methyl sites for hydroxylation is 2. The first-order chi connectivity index (χ1) is 12.9. The van der Waals surface area contributed by atoms with E-state index in [2.05, 4.69) is 5.32 Å². The van der Waals surface area contributed by atoms with Gasteiger partial charge in [0.15, 0.2) is 11.5 Å². The van der Waals surface area contributed by atoms with Crippen LogP contribution in [0, 0.1) is 25.2 Å². The molecule has 0 fully saturated rings. The van der Waals surface area contributed by atoms with Gasteiger partial charge in [0.25, 0.3) is 5.91 Å². The third kappa shape index (κ3) is 4.81. The summed E-state index contributed by atoms with van der Waals surface area (Å²) in [4.78, 5) is 12.6. The van der Waals surface area contributed by atoms with Crippen molar-refractivity contribution in [1.29, 1.82) is 5.26 Å². The zero-order valence-electron chi connectivity index (χ0n) is 15.7. The smallest absolute Gasteiger partial charge is 0.266 e. The van der Waals surface area contributed by atoms with Crippen molar-refractivity contribution < 1.29 is 14.3 Å². The Hall–Kier alpha value is -2.97. The Morgan fingerprint density at radius 3 is 2.52 bits per heavy atom. The summed E-state index contributed by atoms with van der Waals surface area (Å²) in [6.45, 7) is 6.07. The molecule has 0 spiro atoms. The highest BCUT2D eigenvalue weighted by Gasteiger charge is 2.15. The van der Waals surface area contributed by atoms with Crippen molar-refractivity contribution in [1.82, 2.24) is 0 Å². The SMILES string of the molecule is CCOc1cc(/C=C(\C#N)C(=O)Nc2c(C)cccc2C)cc(Cl)c1OC. The zero-order chi connectivity index (χ0) is 20.0. The number of nitrogens with zero attached hydrogens (tertiary/aromatic N) is 1. The van der Waals surface area contributed by atoms with E-state index in [4.69, 9.17) is 21.1 Å². The fourth-order valence-electron chi connectivity index (χ4n) is 2.64. The molecule has 2 rings (SSSR count). The number of hydrogen-bond donors (Lipinski definition) is 1. The minimum Gasteiger partial charge on any atom is -0.491 e. The molecule has 0 aromatic heterocycles. The quantitative estimate of drug-likeness (QED) is 0.567. The number of nitriles is 1. The number of anilines is 1. The number of halogens is 1. The van der Waals surface area contributed by atoms with Gasteiger partial charge in [0.1, 0.15) is 11.6 Å². The van der Waals surface area contributed by atoms with Crippen LogP contribution in [-0.4, -0.2) is 19.6 Å². The topological polar surface area (TPSA) is 71.3 Å². The molecule has 0 bridgehead atoms. The van der Waals surface area contributed by atoms with Gasteiger partial charge >= 0.3 is 0 Å². The van der Waals surface area contributed by atoms with Crippen molar-refractivity contribution in [3.05, 3.63) is 57.6 Å². The van der Waals surface area contributed by atoms with Crippen LogP contribution in [0.5, 0.6) is 11.5 Å². The number of para-hydroxylation sites is 1. The average molecular weight is 385 g/mol. The third-order valence-corrected chi connectivity index (χ3v) is 4.21. The molecule has 0 saturated heterocycles. The summed E-state index contributed by atoms with van der Waals surface area (Å²) in [5, 5.41) is 12.6. The van der Waals surface area contributed by atoms with Crippen molar-refractivity contribution in [2.75, 3.05) is 19.0 Å². The first kappa shape index (κ1) is 20.3. The second-order valence-corrected chi connectivity index (χ2v) is 6.27. The Balaban J connectivity index is 2.38. The lowest BCUT2D eigenvalue weighted by Gasteiger charge is -2.13. The van der Waals surface area contributed by atoms with Crippen LogP contribution in [-0.2, 0) is 4.79 Å². The number of carbonyl (C=O) groups excluding carboxylic acids is 1. The second-order valence-electron chi connectivity index (χ2n) is 5.86. The van der Waals surface area contributed by atoms with Crippen LogP contribution in [0.2, 0.25) is 5.02 Å². The maximum Gasteiger partial charge on any atom is 0.266 e. The Kier molecular flexibility index (Phi) is 6.86. The van der Waals surface area contributed by atoms with Gasteiger partial charge in [-0.2, -0.15) is 5.26 Å². The molecule has 1 amide bonds. The van der Waals surface area contributed by atoms with Crippen LogP contribution in [0.15, 0.2) is 35.9 Å². The van der Waals surface area contributed by atoms with E-state index in [0.717, 1.165) is 11.1 Å². The van der Waals surface area contributed by atoms with E-state index >= 15 is 0 Å². The number of methoxy groups -OCH3 is 1. The number of carbonyl (C=O) groups is 1. The Bertz CT molecular complexity index is 910. The lowest BCUT2D eigenvalue weighted by Crippen LogP contribution is -2.15. The zero-order valence-corrected chi connectivity index (χ0v) is 16.5. The average Bonchev–Trinajstić information content (AvgIpc) is 2.63. The molecule has 6 heteroatoms. The number of rotatable bonds is 6.